The van der Waals surface area contributed by atoms with Crippen molar-refractivity contribution in [3.8, 4) is 0 Å². The third kappa shape index (κ3) is 4.16. The van der Waals surface area contributed by atoms with Gasteiger partial charge in [-0.05, 0) is 55.8 Å². The summed E-state index contributed by atoms with van der Waals surface area (Å²) >= 11 is 0. The Balaban J connectivity index is 1.25. The van der Waals surface area contributed by atoms with Crippen LogP contribution < -0.4 is 4.90 Å². The van der Waals surface area contributed by atoms with E-state index in [1.54, 1.807) is 12.1 Å². The number of halogens is 1. The fraction of sp³-hybridized carbons (Fsp3) is 0.476. The summed E-state index contributed by atoms with van der Waals surface area (Å²) in [5, 5.41) is 0. The summed E-state index contributed by atoms with van der Waals surface area (Å²) in [5.74, 6) is 0.0259. The largest absolute Gasteiger partial charge is 0.368 e. The zero-order valence-corrected chi connectivity index (χ0v) is 15.6. The summed E-state index contributed by atoms with van der Waals surface area (Å²) in [6.45, 7) is 4.95. The second-order valence-electron chi connectivity index (χ2n) is 7.41. The molecule has 27 heavy (non-hydrogen) atoms. The number of nitrogens with zero attached hydrogens (tertiary/aromatic N) is 3. The summed E-state index contributed by atoms with van der Waals surface area (Å²) in [6, 6.07) is 11.2. The second kappa shape index (κ2) is 8.13. The van der Waals surface area contributed by atoms with Crippen molar-refractivity contribution in [3.05, 3.63) is 54.1 Å². The monoisotopic (exact) mass is 370 g/mol. The zero-order chi connectivity index (χ0) is 18.6. The van der Waals surface area contributed by atoms with Crippen molar-refractivity contribution in [1.82, 2.24) is 14.8 Å². The molecule has 2 fully saturated rings. The molecule has 2 aliphatic rings. The van der Waals surface area contributed by atoms with Gasteiger partial charge in [-0.15, -0.1) is 0 Å². The number of amides is 1. The maximum atomic E-state index is 13.1. The van der Waals surface area contributed by atoms with Gasteiger partial charge in [-0.25, -0.2) is 4.39 Å². The smallest absolute Gasteiger partial charge is 0.223 e. The van der Waals surface area contributed by atoms with E-state index in [-0.39, 0.29) is 11.7 Å². The fourth-order valence-electron chi connectivity index (χ4n) is 4.26. The van der Waals surface area contributed by atoms with Gasteiger partial charge in [-0.1, -0.05) is 0 Å². The molecule has 2 aromatic rings. The second-order valence-corrected chi connectivity index (χ2v) is 7.41. The first-order chi connectivity index (χ1) is 13.2. The molecule has 0 bridgehead atoms. The minimum Gasteiger partial charge on any atom is -0.368 e. The Bertz CT molecular complexity index is 738. The minimum absolute atomic E-state index is 0.216. The Kier molecular flexibility index (Phi) is 5.43. The van der Waals surface area contributed by atoms with Crippen LogP contribution >= 0.6 is 0 Å². The Morgan fingerprint density at radius 1 is 1.07 bits per heavy atom. The molecule has 0 aliphatic carbocycles. The molecular weight excluding hydrogens is 343 g/mol. The van der Waals surface area contributed by atoms with Crippen LogP contribution in [-0.2, 0) is 4.79 Å². The zero-order valence-electron chi connectivity index (χ0n) is 15.6. The molecule has 0 spiro atoms. The van der Waals surface area contributed by atoms with Gasteiger partial charge in [0.2, 0.25) is 5.91 Å². The molecule has 0 saturated carbocycles. The van der Waals surface area contributed by atoms with Crippen molar-refractivity contribution in [3.63, 3.8) is 0 Å². The van der Waals surface area contributed by atoms with Crippen LogP contribution in [0.1, 0.15) is 31.0 Å². The van der Waals surface area contributed by atoms with E-state index in [9.17, 15) is 9.18 Å². The van der Waals surface area contributed by atoms with Crippen LogP contribution in [0.4, 0.5) is 10.1 Å². The minimum atomic E-state index is -0.216. The van der Waals surface area contributed by atoms with Crippen molar-refractivity contribution < 1.29 is 9.18 Å². The summed E-state index contributed by atoms with van der Waals surface area (Å²) in [6.07, 6.45) is 4.89. The molecule has 2 aliphatic heterocycles. The van der Waals surface area contributed by atoms with Crippen LogP contribution in [0.25, 0.3) is 0 Å². The molecular formula is C21H27FN4O. The van der Waals surface area contributed by atoms with E-state index in [1.165, 1.54) is 24.2 Å². The van der Waals surface area contributed by atoms with E-state index >= 15 is 0 Å². The predicted molar refractivity (Wildman–Crippen MR) is 104 cm³/mol. The first kappa shape index (κ1) is 18.0. The number of aromatic nitrogens is 1. The number of H-pyrrole nitrogens is 1. The average Bonchev–Trinajstić information content (AvgIpc) is 3.38. The number of nitrogens with one attached hydrogen (secondary N) is 1. The highest BCUT2D eigenvalue weighted by Gasteiger charge is 2.28. The molecule has 1 amide bonds. The van der Waals surface area contributed by atoms with Crippen LogP contribution in [0, 0.1) is 5.82 Å². The highest BCUT2D eigenvalue weighted by Crippen LogP contribution is 2.30. The molecule has 1 unspecified atom stereocenters. The number of carbonyl (C=O) groups is 1. The number of hydrogen-bond donors (Lipinski definition) is 1. The Hall–Kier alpha value is -2.34. The van der Waals surface area contributed by atoms with Gasteiger partial charge in [0.25, 0.3) is 0 Å². The number of likely N-dealkylation sites (tertiary alicyclic amines) is 1. The maximum Gasteiger partial charge on any atom is 0.223 e. The highest BCUT2D eigenvalue weighted by atomic mass is 19.1. The van der Waals surface area contributed by atoms with Gasteiger partial charge < -0.3 is 14.8 Å². The lowest BCUT2D eigenvalue weighted by Crippen LogP contribution is -2.49. The summed E-state index contributed by atoms with van der Waals surface area (Å²) in [7, 11) is 0. The topological polar surface area (TPSA) is 42.6 Å². The Morgan fingerprint density at radius 3 is 2.56 bits per heavy atom. The van der Waals surface area contributed by atoms with Gasteiger partial charge in [0, 0.05) is 62.8 Å². The molecule has 2 saturated heterocycles. The van der Waals surface area contributed by atoms with Gasteiger partial charge >= 0.3 is 0 Å². The van der Waals surface area contributed by atoms with Gasteiger partial charge in [-0.2, -0.15) is 0 Å². The molecule has 1 atom stereocenters. The van der Waals surface area contributed by atoms with E-state index < -0.39 is 0 Å². The van der Waals surface area contributed by atoms with Crippen molar-refractivity contribution >= 4 is 11.6 Å². The Morgan fingerprint density at radius 2 is 1.85 bits per heavy atom. The van der Waals surface area contributed by atoms with Crippen molar-refractivity contribution in [2.75, 3.05) is 44.2 Å². The van der Waals surface area contributed by atoms with Crippen molar-refractivity contribution in [1.29, 1.82) is 0 Å². The van der Waals surface area contributed by atoms with Crippen LogP contribution in [0.2, 0.25) is 0 Å². The molecule has 1 aromatic heterocycles. The van der Waals surface area contributed by atoms with Gasteiger partial charge in [0.05, 0.1) is 0 Å². The number of anilines is 1. The highest BCUT2D eigenvalue weighted by molar-refractivity contribution is 5.76. The number of benzene rings is 1. The van der Waals surface area contributed by atoms with Crippen LogP contribution in [0.3, 0.4) is 0 Å². The third-order valence-electron chi connectivity index (χ3n) is 5.78. The van der Waals surface area contributed by atoms with E-state index in [4.69, 9.17) is 0 Å². The van der Waals surface area contributed by atoms with E-state index in [0.29, 0.717) is 12.5 Å². The van der Waals surface area contributed by atoms with Gasteiger partial charge in [-0.3, -0.25) is 9.69 Å². The van der Waals surface area contributed by atoms with Crippen LogP contribution in [-0.4, -0.2) is 60.0 Å². The van der Waals surface area contributed by atoms with Crippen molar-refractivity contribution in [2.45, 2.75) is 25.3 Å². The molecule has 144 valence electrons. The van der Waals surface area contributed by atoms with Crippen LogP contribution in [0.5, 0.6) is 0 Å². The molecule has 6 heteroatoms. The van der Waals surface area contributed by atoms with Gasteiger partial charge in [0.15, 0.2) is 0 Å². The third-order valence-corrected chi connectivity index (χ3v) is 5.78. The maximum absolute atomic E-state index is 13.1. The number of carbonyl (C=O) groups excluding carboxylic acids is 1. The quantitative estimate of drug-likeness (QED) is 0.880. The van der Waals surface area contributed by atoms with Crippen LogP contribution in [0.15, 0.2) is 42.6 Å². The fourth-order valence-corrected chi connectivity index (χ4v) is 4.26. The normalized spacial score (nSPS) is 21.0. The standard InChI is InChI=1S/C21H27FN4O/c22-17-5-7-18(8-6-17)24-13-15-26(16-14-24)21(27)9-12-25-11-2-4-20(25)19-3-1-10-23-19/h1,3,5-8,10,20,23H,2,4,9,11-16H2. The Labute approximate surface area is 159 Å². The number of piperazine rings is 1. The molecule has 4 rings (SSSR count). The average molecular weight is 370 g/mol. The van der Waals surface area contributed by atoms with E-state index in [0.717, 1.165) is 51.4 Å². The van der Waals surface area contributed by atoms with E-state index in [2.05, 4.69) is 20.9 Å². The summed E-state index contributed by atoms with van der Waals surface area (Å²) < 4.78 is 13.1. The van der Waals surface area contributed by atoms with Gasteiger partial charge in [0.1, 0.15) is 5.82 Å². The lowest BCUT2D eigenvalue weighted by atomic mass is 10.1. The van der Waals surface area contributed by atoms with E-state index in [1.807, 2.05) is 17.2 Å². The number of hydrogen-bond acceptors (Lipinski definition) is 3. The summed E-state index contributed by atoms with van der Waals surface area (Å²) in [4.78, 5) is 22.6. The first-order valence-electron chi connectivity index (χ1n) is 9.86. The summed E-state index contributed by atoms with van der Waals surface area (Å²) in [5.41, 5.74) is 2.28. The predicted octanol–water partition coefficient (Wildman–Crippen LogP) is 3.03. The lowest BCUT2D eigenvalue weighted by molar-refractivity contribution is -0.131. The van der Waals surface area contributed by atoms with Crippen molar-refractivity contribution in [2.24, 2.45) is 0 Å². The lowest BCUT2D eigenvalue weighted by Gasteiger charge is -2.36. The molecule has 1 aromatic carbocycles. The molecule has 0 radical (unpaired) electrons. The number of rotatable bonds is 5. The first-order valence-corrected chi connectivity index (χ1v) is 9.86. The molecule has 3 heterocycles. The molecule has 5 nitrogen and oxygen atoms in total. The number of aromatic amines is 1. The molecule has 1 N–H and O–H groups in total. The SMILES string of the molecule is O=C(CCN1CCCC1c1ccc[nH]1)N1CCN(c2ccc(F)cc2)CC1.